The van der Waals surface area contributed by atoms with Crippen molar-refractivity contribution in [3.8, 4) is 11.3 Å². The molecule has 2 heterocycles. The molecule has 1 spiro atoms. The van der Waals surface area contributed by atoms with Crippen LogP contribution in [0.25, 0.3) is 11.3 Å². The first kappa shape index (κ1) is 13.8. The molecular formula is C20H25N2O+. The number of nitrogens with zero attached hydrogens (tertiary/aromatic N) is 1. The number of aliphatic hydroxyl groups is 1. The smallest absolute Gasteiger partial charge is 0.242 e. The lowest BCUT2D eigenvalue weighted by Crippen LogP contribution is -2.39. The van der Waals surface area contributed by atoms with Gasteiger partial charge in [-0.3, -0.25) is 0 Å². The van der Waals surface area contributed by atoms with Crippen molar-refractivity contribution in [3.63, 3.8) is 0 Å². The van der Waals surface area contributed by atoms with Crippen molar-refractivity contribution in [2.24, 2.45) is 11.3 Å². The number of benzene rings is 1. The van der Waals surface area contributed by atoms with Crippen molar-refractivity contribution >= 4 is 0 Å². The van der Waals surface area contributed by atoms with Crippen LogP contribution in [-0.4, -0.2) is 16.2 Å². The van der Waals surface area contributed by atoms with Gasteiger partial charge < -0.3 is 5.11 Å². The third-order valence-electron chi connectivity index (χ3n) is 6.70. The number of H-pyrrole nitrogens is 1. The second-order valence-electron chi connectivity index (χ2n) is 7.98. The van der Waals surface area contributed by atoms with E-state index in [4.69, 9.17) is 0 Å². The minimum absolute atomic E-state index is 0.183. The number of fused-ring (bicyclic) bond motifs is 3. The molecule has 2 atom stereocenters. The van der Waals surface area contributed by atoms with Crippen LogP contribution in [0.3, 0.4) is 0 Å². The molecular weight excluding hydrogens is 284 g/mol. The summed E-state index contributed by atoms with van der Waals surface area (Å²) >= 11 is 0. The summed E-state index contributed by atoms with van der Waals surface area (Å²) in [6.07, 6.45) is 12.8. The van der Waals surface area contributed by atoms with Crippen molar-refractivity contribution in [2.75, 3.05) is 0 Å². The Morgan fingerprint density at radius 3 is 2.74 bits per heavy atom. The molecule has 2 aliphatic carbocycles. The lowest BCUT2D eigenvalue weighted by atomic mass is 9.76. The molecule has 2 unspecified atom stereocenters. The van der Waals surface area contributed by atoms with E-state index in [1.165, 1.54) is 55.3 Å². The Bertz CT molecular complexity index is 721. The molecule has 1 aromatic carbocycles. The molecule has 5 rings (SSSR count). The summed E-state index contributed by atoms with van der Waals surface area (Å²) in [6.45, 7) is 0. The van der Waals surface area contributed by atoms with Crippen molar-refractivity contribution < 1.29 is 9.67 Å². The highest BCUT2D eigenvalue weighted by Gasteiger charge is 2.46. The third-order valence-corrected chi connectivity index (χ3v) is 6.70. The van der Waals surface area contributed by atoms with Crippen molar-refractivity contribution in [2.45, 2.75) is 57.1 Å². The summed E-state index contributed by atoms with van der Waals surface area (Å²) in [4.78, 5) is 3.22. The van der Waals surface area contributed by atoms with Crippen LogP contribution in [0, 0.1) is 11.3 Å². The molecule has 3 heteroatoms. The van der Waals surface area contributed by atoms with E-state index in [0.29, 0.717) is 11.3 Å². The molecule has 2 saturated carbocycles. The third kappa shape index (κ3) is 2.17. The fourth-order valence-electron chi connectivity index (χ4n) is 4.96. The molecule has 1 aliphatic heterocycles. The molecule has 0 bridgehead atoms. The van der Waals surface area contributed by atoms with Crippen LogP contribution in [0.5, 0.6) is 0 Å². The Morgan fingerprint density at radius 2 is 1.96 bits per heavy atom. The first-order chi connectivity index (χ1) is 11.3. The van der Waals surface area contributed by atoms with Gasteiger partial charge in [0.2, 0.25) is 6.33 Å². The van der Waals surface area contributed by atoms with E-state index in [1.54, 1.807) is 0 Å². The second-order valence-corrected chi connectivity index (χ2v) is 7.98. The van der Waals surface area contributed by atoms with E-state index in [-0.39, 0.29) is 12.1 Å². The molecule has 2 N–H and O–H groups in total. The van der Waals surface area contributed by atoms with E-state index >= 15 is 0 Å². The molecule has 2 fully saturated rings. The highest BCUT2D eigenvalue weighted by molar-refractivity contribution is 5.63. The van der Waals surface area contributed by atoms with Crippen LogP contribution in [0.15, 0.2) is 36.8 Å². The van der Waals surface area contributed by atoms with Gasteiger partial charge in [0.15, 0.2) is 5.69 Å². The summed E-state index contributed by atoms with van der Waals surface area (Å²) in [5.41, 5.74) is 4.63. The summed E-state index contributed by atoms with van der Waals surface area (Å²) in [7, 11) is 0. The van der Waals surface area contributed by atoms with E-state index < -0.39 is 0 Å². The Morgan fingerprint density at radius 1 is 1.17 bits per heavy atom. The average Bonchev–Trinajstić information content (AvgIpc) is 3.06. The number of rotatable bonds is 3. The number of nitrogens with one attached hydrogen (secondary N) is 1. The molecule has 0 amide bonds. The topological polar surface area (TPSA) is 39.9 Å². The molecule has 0 saturated heterocycles. The van der Waals surface area contributed by atoms with Gasteiger partial charge in [0.25, 0.3) is 0 Å². The van der Waals surface area contributed by atoms with Gasteiger partial charge >= 0.3 is 0 Å². The number of hydrogen-bond acceptors (Lipinski definition) is 1. The SMILES string of the molecule is OC(CC1c2ccccc2-c2c[nH]c[n+]21)C1CCC2(CC1)CC2. The summed E-state index contributed by atoms with van der Waals surface area (Å²) in [5, 5.41) is 10.9. The van der Waals surface area contributed by atoms with Crippen LogP contribution in [-0.2, 0) is 0 Å². The number of hydrogen-bond donors (Lipinski definition) is 2. The Labute approximate surface area is 137 Å². The van der Waals surface area contributed by atoms with E-state index in [0.717, 1.165) is 6.42 Å². The molecule has 3 nitrogen and oxygen atoms in total. The first-order valence-corrected chi connectivity index (χ1v) is 9.11. The monoisotopic (exact) mass is 309 g/mol. The number of imidazole rings is 1. The maximum atomic E-state index is 10.9. The minimum Gasteiger partial charge on any atom is -0.393 e. The maximum absolute atomic E-state index is 10.9. The zero-order chi connectivity index (χ0) is 15.4. The molecule has 120 valence electrons. The van der Waals surface area contributed by atoms with Crippen LogP contribution >= 0.6 is 0 Å². The highest BCUT2D eigenvalue weighted by atomic mass is 16.3. The lowest BCUT2D eigenvalue weighted by Gasteiger charge is -2.32. The predicted octanol–water partition coefficient (Wildman–Crippen LogP) is 3.59. The molecule has 23 heavy (non-hydrogen) atoms. The van der Waals surface area contributed by atoms with Crippen LogP contribution in [0.2, 0.25) is 0 Å². The fraction of sp³-hybridized carbons (Fsp3) is 0.550. The van der Waals surface area contributed by atoms with Gasteiger partial charge in [0.1, 0.15) is 12.2 Å². The zero-order valence-corrected chi connectivity index (χ0v) is 13.5. The highest BCUT2D eigenvalue weighted by Crippen LogP contribution is 2.57. The van der Waals surface area contributed by atoms with Gasteiger partial charge in [-0.05, 0) is 49.9 Å². The van der Waals surface area contributed by atoms with Gasteiger partial charge in [-0.15, -0.1) is 0 Å². The van der Waals surface area contributed by atoms with Gasteiger partial charge in [0.05, 0.1) is 6.10 Å². The number of aliphatic hydroxyl groups excluding tert-OH is 1. The number of aromatic nitrogens is 2. The van der Waals surface area contributed by atoms with E-state index in [1.807, 2.05) is 6.33 Å². The molecule has 3 aliphatic rings. The largest absolute Gasteiger partial charge is 0.393 e. The zero-order valence-electron chi connectivity index (χ0n) is 13.5. The van der Waals surface area contributed by atoms with Crippen LogP contribution in [0.4, 0.5) is 0 Å². The van der Waals surface area contributed by atoms with Crippen molar-refractivity contribution in [1.29, 1.82) is 0 Å². The Kier molecular flexibility index (Phi) is 2.96. The quantitative estimate of drug-likeness (QED) is 0.836. The van der Waals surface area contributed by atoms with Crippen LogP contribution in [0.1, 0.15) is 56.6 Å². The molecule has 2 aromatic rings. The molecule has 1 aromatic heterocycles. The normalized spacial score (nSPS) is 26.0. The molecule has 0 radical (unpaired) electrons. The van der Waals surface area contributed by atoms with Crippen molar-refractivity contribution in [3.05, 3.63) is 42.4 Å². The number of aromatic amines is 1. The summed E-state index contributed by atoms with van der Waals surface area (Å²) in [6, 6.07) is 8.91. The summed E-state index contributed by atoms with van der Waals surface area (Å²) < 4.78 is 2.30. The first-order valence-electron chi connectivity index (χ1n) is 9.11. The van der Waals surface area contributed by atoms with E-state index in [2.05, 4.69) is 40.0 Å². The second kappa shape index (κ2) is 4.94. The summed E-state index contributed by atoms with van der Waals surface area (Å²) in [5.74, 6) is 0.497. The minimum atomic E-state index is -0.183. The average molecular weight is 309 g/mol. The van der Waals surface area contributed by atoms with E-state index in [9.17, 15) is 5.11 Å². The maximum Gasteiger partial charge on any atom is 0.242 e. The van der Waals surface area contributed by atoms with Gasteiger partial charge in [-0.2, -0.15) is 0 Å². The Hall–Kier alpha value is -1.61. The van der Waals surface area contributed by atoms with Gasteiger partial charge in [-0.1, -0.05) is 24.3 Å². The standard InChI is InChI=1S/C20H24N2O/c23-19(14-5-7-20(8-6-14)9-10-20)11-17-15-3-1-2-4-16(15)18-12-21-13-22(17)18/h1-4,12-14,17,19,23H,5-11H2/p+1. The van der Waals surface area contributed by atoms with Gasteiger partial charge in [-0.25, -0.2) is 9.55 Å². The van der Waals surface area contributed by atoms with Crippen LogP contribution < -0.4 is 4.57 Å². The predicted molar refractivity (Wildman–Crippen MR) is 88.8 cm³/mol. The Balaban J connectivity index is 1.36. The van der Waals surface area contributed by atoms with Crippen molar-refractivity contribution in [1.82, 2.24) is 4.98 Å². The lowest BCUT2D eigenvalue weighted by molar-refractivity contribution is -0.698. The fourth-order valence-corrected chi connectivity index (χ4v) is 4.96. The van der Waals surface area contributed by atoms with Gasteiger partial charge in [0, 0.05) is 17.5 Å².